The van der Waals surface area contributed by atoms with Crippen molar-refractivity contribution in [2.24, 2.45) is 5.92 Å². The Bertz CT molecular complexity index is 606. The Morgan fingerprint density at radius 2 is 2.00 bits per heavy atom. The maximum Gasteiger partial charge on any atom is 0.140 e. The highest BCUT2D eigenvalue weighted by atomic mass is 15.2. The van der Waals surface area contributed by atoms with Crippen molar-refractivity contribution in [2.45, 2.75) is 39.5 Å². The van der Waals surface area contributed by atoms with E-state index in [1.165, 1.54) is 18.2 Å². The number of nitrogens with zero attached hydrogens (tertiary/aromatic N) is 3. The number of hydrogen-bond donors (Lipinski definition) is 0. The van der Waals surface area contributed by atoms with Gasteiger partial charge in [0.05, 0.1) is 5.52 Å². The van der Waals surface area contributed by atoms with E-state index in [0.29, 0.717) is 5.92 Å². The predicted molar refractivity (Wildman–Crippen MR) is 84.2 cm³/mol. The highest BCUT2D eigenvalue weighted by molar-refractivity contribution is 5.89. The van der Waals surface area contributed by atoms with Gasteiger partial charge in [0, 0.05) is 24.4 Å². The van der Waals surface area contributed by atoms with Crippen LogP contribution in [0.5, 0.6) is 0 Å². The van der Waals surface area contributed by atoms with E-state index < -0.39 is 0 Å². The summed E-state index contributed by atoms with van der Waals surface area (Å²) in [7, 11) is 0. The lowest BCUT2D eigenvalue weighted by atomic mass is 10.00. The standard InChI is InChI=1S/C17H23N3/c1-12(2)16-18-15-9-5-4-8-14(15)17(19-16)20-10-6-7-13(3)11-20/h4-5,8-9,12-13H,6-7,10-11H2,1-3H3. The molecular weight excluding hydrogens is 246 g/mol. The van der Waals surface area contributed by atoms with Gasteiger partial charge in [0.15, 0.2) is 0 Å². The number of rotatable bonds is 2. The maximum absolute atomic E-state index is 4.87. The average Bonchev–Trinajstić information content (AvgIpc) is 2.46. The van der Waals surface area contributed by atoms with Crippen LogP contribution < -0.4 is 4.90 Å². The zero-order valence-electron chi connectivity index (χ0n) is 12.6. The molecule has 0 spiro atoms. The number of anilines is 1. The second-order valence-electron chi connectivity index (χ2n) is 6.27. The Kier molecular flexibility index (Phi) is 3.60. The van der Waals surface area contributed by atoms with Crippen LogP contribution in [0, 0.1) is 5.92 Å². The van der Waals surface area contributed by atoms with Crippen LogP contribution in [0.1, 0.15) is 45.4 Å². The minimum absolute atomic E-state index is 0.362. The summed E-state index contributed by atoms with van der Waals surface area (Å²) in [5.74, 6) is 3.20. The van der Waals surface area contributed by atoms with Crippen LogP contribution in [-0.2, 0) is 0 Å². The summed E-state index contributed by atoms with van der Waals surface area (Å²) in [6, 6.07) is 8.38. The first-order valence-electron chi connectivity index (χ1n) is 7.67. The van der Waals surface area contributed by atoms with Gasteiger partial charge in [-0.3, -0.25) is 0 Å². The van der Waals surface area contributed by atoms with E-state index in [1.807, 2.05) is 0 Å². The second-order valence-corrected chi connectivity index (χ2v) is 6.27. The number of benzene rings is 1. The summed E-state index contributed by atoms with van der Waals surface area (Å²) >= 11 is 0. The normalized spacial score (nSPS) is 19.8. The van der Waals surface area contributed by atoms with Crippen LogP contribution in [0.3, 0.4) is 0 Å². The first-order chi connectivity index (χ1) is 9.65. The average molecular weight is 269 g/mol. The number of piperidine rings is 1. The molecule has 1 aromatic carbocycles. The topological polar surface area (TPSA) is 29.0 Å². The molecule has 106 valence electrons. The van der Waals surface area contributed by atoms with Gasteiger partial charge in [-0.05, 0) is 30.9 Å². The van der Waals surface area contributed by atoms with Crippen molar-refractivity contribution < 1.29 is 0 Å². The molecule has 1 aliphatic heterocycles. The third-order valence-electron chi connectivity index (χ3n) is 4.07. The molecule has 3 heteroatoms. The lowest BCUT2D eigenvalue weighted by Crippen LogP contribution is -2.35. The van der Waals surface area contributed by atoms with Gasteiger partial charge >= 0.3 is 0 Å². The summed E-state index contributed by atoms with van der Waals surface area (Å²) < 4.78 is 0. The van der Waals surface area contributed by atoms with E-state index in [2.05, 4.69) is 49.9 Å². The molecule has 0 saturated carbocycles. The summed E-state index contributed by atoms with van der Waals surface area (Å²) in [4.78, 5) is 12.0. The molecule has 2 aromatic rings. The van der Waals surface area contributed by atoms with Gasteiger partial charge in [0.2, 0.25) is 0 Å². The molecule has 1 aliphatic rings. The largest absolute Gasteiger partial charge is 0.356 e. The SMILES string of the molecule is CC1CCCN(c2nc(C(C)C)nc3ccccc23)C1. The quantitative estimate of drug-likeness (QED) is 0.825. The van der Waals surface area contributed by atoms with Crippen LogP contribution in [0.15, 0.2) is 24.3 Å². The molecule has 0 radical (unpaired) electrons. The van der Waals surface area contributed by atoms with E-state index in [4.69, 9.17) is 9.97 Å². The smallest absolute Gasteiger partial charge is 0.140 e. The van der Waals surface area contributed by atoms with Gasteiger partial charge < -0.3 is 4.90 Å². The molecule has 0 N–H and O–H groups in total. The Hall–Kier alpha value is -1.64. The number of aromatic nitrogens is 2. The molecule has 3 rings (SSSR count). The third-order valence-corrected chi connectivity index (χ3v) is 4.07. The molecule has 0 bridgehead atoms. The molecule has 1 fully saturated rings. The Morgan fingerprint density at radius 3 is 2.75 bits per heavy atom. The van der Waals surface area contributed by atoms with Crippen molar-refractivity contribution in [3.63, 3.8) is 0 Å². The maximum atomic E-state index is 4.87. The van der Waals surface area contributed by atoms with Crippen LogP contribution in [0.2, 0.25) is 0 Å². The molecule has 3 nitrogen and oxygen atoms in total. The fourth-order valence-electron chi connectivity index (χ4n) is 2.96. The van der Waals surface area contributed by atoms with Crippen molar-refractivity contribution in [3.8, 4) is 0 Å². The van der Waals surface area contributed by atoms with Crippen LogP contribution in [0.4, 0.5) is 5.82 Å². The highest BCUT2D eigenvalue weighted by Crippen LogP contribution is 2.29. The predicted octanol–water partition coefficient (Wildman–Crippen LogP) is 3.99. The van der Waals surface area contributed by atoms with Crippen molar-refractivity contribution in [2.75, 3.05) is 18.0 Å². The molecule has 0 amide bonds. The van der Waals surface area contributed by atoms with E-state index in [1.54, 1.807) is 0 Å². The van der Waals surface area contributed by atoms with Crippen LogP contribution in [0.25, 0.3) is 10.9 Å². The summed E-state index contributed by atoms with van der Waals surface area (Å²) in [5.41, 5.74) is 1.07. The third kappa shape index (κ3) is 2.49. The highest BCUT2D eigenvalue weighted by Gasteiger charge is 2.21. The summed E-state index contributed by atoms with van der Waals surface area (Å²) in [6.45, 7) is 8.87. The van der Waals surface area contributed by atoms with E-state index in [0.717, 1.165) is 36.2 Å². The molecule has 2 heterocycles. The minimum atomic E-state index is 0.362. The van der Waals surface area contributed by atoms with E-state index in [9.17, 15) is 0 Å². The van der Waals surface area contributed by atoms with Crippen LogP contribution in [-0.4, -0.2) is 23.1 Å². The Morgan fingerprint density at radius 1 is 1.20 bits per heavy atom. The van der Waals surface area contributed by atoms with E-state index >= 15 is 0 Å². The molecule has 1 saturated heterocycles. The van der Waals surface area contributed by atoms with Crippen molar-refractivity contribution in [1.29, 1.82) is 0 Å². The molecule has 1 aromatic heterocycles. The minimum Gasteiger partial charge on any atom is -0.356 e. The fraction of sp³-hybridized carbons (Fsp3) is 0.529. The summed E-state index contributed by atoms with van der Waals surface area (Å²) in [5, 5.41) is 1.19. The van der Waals surface area contributed by atoms with Gasteiger partial charge in [-0.1, -0.05) is 32.9 Å². The molecule has 20 heavy (non-hydrogen) atoms. The molecule has 1 atom stereocenters. The van der Waals surface area contributed by atoms with Gasteiger partial charge in [-0.25, -0.2) is 9.97 Å². The monoisotopic (exact) mass is 269 g/mol. The van der Waals surface area contributed by atoms with Crippen LogP contribution >= 0.6 is 0 Å². The van der Waals surface area contributed by atoms with Crippen molar-refractivity contribution >= 4 is 16.7 Å². The lowest BCUT2D eigenvalue weighted by molar-refractivity contribution is 0.445. The number of fused-ring (bicyclic) bond motifs is 1. The summed E-state index contributed by atoms with van der Waals surface area (Å²) in [6.07, 6.45) is 2.59. The van der Waals surface area contributed by atoms with Crippen molar-refractivity contribution in [1.82, 2.24) is 9.97 Å². The van der Waals surface area contributed by atoms with Gasteiger partial charge in [0.1, 0.15) is 11.6 Å². The Balaban J connectivity index is 2.11. The number of hydrogen-bond acceptors (Lipinski definition) is 3. The first kappa shape index (κ1) is 13.3. The van der Waals surface area contributed by atoms with Crippen molar-refractivity contribution in [3.05, 3.63) is 30.1 Å². The molecule has 0 aliphatic carbocycles. The van der Waals surface area contributed by atoms with Gasteiger partial charge in [-0.2, -0.15) is 0 Å². The van der Waals surface area contributed by atoms with Gasteiger partial charge in [-0.15, -0.1) is 0 Å². The first-order valence-corrected chi connectivity index (χ1v) is 7.67. The zero-order chi connectivity index (χ0) is 14.1. The zero-order valence-corrected chi connectivity index (χ0v) is 12.6. The van der Waals surface area contributed by atoms with Gasteiger partial charge in [0.25, 0.3) is 0 Å². The molecular formula is C17H23N3. The molecule has 1 unspecified atom stereocenters. The number of para-hydroxylation sites is 1. The lowest BCUT2D eigenvalue weighted by Gasteiger charge is -2.32. The second kappa shape index (κ2) is 5.39. The van der Waals surface area contributed by atoms with E-state index in [-0.39, 0.29) is 0 Å². The fourth-order valence-corrected chi connectivity index (χ4v) is 2.96. The Labute approximate surface area is 121 Å².